The maximum atomic E-state index is 10.6. The van der Waals surface area contributed by atoms with Crippen molar-refractivity contribution < 1.29 is 55.6 Å². The Morgan fingerprint density at radius 2 is 1.59 bits per heavy atom. The third-order valence-corrected chi connectivity index (χ3v) is 5.70. The van der Waals surface area contributed by atoms with Crippen molar-refractivity contribution in [1.82, 2.24) is 14.9 Å². The Bertz CT molecular complexity index is 1000. The lowest BCUT2D eigenvalue weighted by Crippen LogP contribution is -2.47. The van der Waals surface area contributed by atoms with Crippen LogP contribution in [0.15, 0.2) is 48.9 Å². The SMILES string of the molecule is O=C(O)C(F)(F)F.O=C(O)C(F)(F)F.c1ccc(CN2CCO[C@H]3CC(COCc4ccncc4)C[C@@H]32)nc1. The molecule has 1 aliphatic heterocycles. The van der Waals surface area contributed by atoms with E-state index in [1.165, 1.54) is 5.56 Å². The van der Waals surface area contributed by atoms with Gasteiger partial charge >= 0.3 is 24.3 Å². The molecule has 1 saturated carbocycles. The van der Waals surface area contributed by atoms with Crippen LogP contribution in [0.1, 0.15) is 24.1 Å². The molecule has 0 spiro atoms. The first kappa shape index (κ1) is 31.9. The van der Waals surface area contributed by atoms with Crippen molar-refractivity contribution in [3.05, 3.63) is 60.2 Å². The van der Waals surface area contributed by atoms with E-state index in [9.17, 15) is 26.3 Å². The van der Waals surface area contributed by atoms with Gasteiger partial charge in [-0.15, -0.1) is 0 Å². The number of hydrogen-bond acceptors (Lipinski definition) is 7. The van der Waals surface area contributed by atoms with Crippen LogP contribution in [0.5, 0.6) is 0 Å². The molecule has 1 aliphatic carbocycles. The number of carboxylic acid groups (broad SMARTS) is 2. The van der Waals surface area contributed by atoms with Crippen LogP contribution >= 0.6 is 0 Å². The topological polar surface area (TPSA) is 122 Å². The summed E-state index contributed by atoms with van der Waals surface area (Å²) in [5.41, 5.74) is 2.32. The van der Waals surface area contributed by atoms with Crippen molar-refractivity contribution in [2.24, 2.45) is 5.92 Å². The summed E-state index contributed by atoms with van der Waals surface area (Å²) in [4.78, 5) is 28.8. The number of aliphatic carboxylic acids is 2. The van der Waals surface area contributed by atoms with Crippen LogP contribution in [-0.2, 0) is 32.2 Å². The van der Waals surface area contributed by atoms with Gasteiger partial charge in [0.15, 0.2) is 0 Å². The highest BCUT2D eigenvalue weighted by molar-refractivity contribution is 5.73. The second-order valence-electron chi connectivity index (χ2n) is 8.58. The smallest absolute Gasteiger partial charge is 0.475 e. The van der Waals surface area contributed by atoms with Gasteiger partial charge in [-0.05, 0) is 48.6 Å². The fraction of sp³-hybridized carbons (Fsp3) is 0.500. The lowest BCUT2D eigenvalue weighted by atomic mass is 10.1. The Morgan fingerprint density at radius 1 is 0.974 bits per heavy atom. The first-order valence-electron chi connectivity index (χ1n) is 11.6. The predicted octanol–water partition coefficient (Wildman–Crippen LogP) is 3.94. The average Bonchev–Trinajstić information content (AvgIpc) is 3.29. The molecular weight excluding hydrogens is 540 g/mol. The van der Waals surface area contributed by atoms with Gasteiger partial charge in [-0.1, -0.05) is 6.07 Å². The minimum absolute atomic E-state index is 0.340. The van der Waals surface area contributed by atoms with Gasteiger partial charge in [-0.25, -0.2) is 9.59 Å². The highest BCUT2D eigenvalue weighted by atomic mass is 19.4. The van der Waals surface area contributed by atoms with Crippen molar-refractivity contribution >= 4 is 11.9 Å². The van der Waals surface area contributed by atoms with Gasteiger partial charge in [0.2, 0.25) is 0 Å². The van der Waals surface area contributed by atoms with Crippen LogP contribution in [0.4, 0.5) is 26.3 Å². The summed E-state index contributed by atoms with van der Waals surface area (Å²) in [5, 5.41) is 14.2. The van der Waals surface area contributed by atoms with Crippen molar-refractivity contribution in [3.8, 4) is 0 Å². The number of alkyl halides is 6. The van der Waals surface area contributed by atoms with E-state index >= 15 is 0 Å². The molecule has 216 valence electrons. The van der Waals surface area contributed by atoms with Crippen LogP contribution in [0.2, 0.25) is 0 Å². The Hall–Kier alpha value is -3.30. The molecule has 0 radical (unpaired) electrons. The number of rotatable bonds is 6. The van der Waals surface area contributed by atoms with Gasteiger partial charge in [-0.2, -0.15) is 26.3 Å². The van der Waals surface area contributed by atoms with E-state index in [2.05, 4.69) is 27.0 Å². The summed E-state index contributed by atoms with van der Waals surface area (Å²) in [7, 11) is 0. The van der Waals surface area contributed by atoms with E-state index < -0.39 is 24.3 Å². The number of fused-ring (bicyclic) bond motifs is 1. The van der Waals surface area contributed by atoms with E-state index in [0.29, 0.717) is 24.7 Å². The Morgan fingerprint density at radius 3 is 2.13 bits per heavy atom. The lowest BCUT2D eigenvalue weighted by Gasteiger charge is -2.37. The van der Waals surface area contributed by atoms with Gasteiger partial charge in [0.1, 0.15) is 0 Å². The predicted molar refractivity (Wildman–Crippen MR) is 122 cm³/mol. The molecule has 3 atom stereocenters. The second kappa shape index (κ2) is 14.7. The van der Waals surface area contributed by atoms with Crippen LogP contribution in [0.3, 0.4) is 0 Å². The standard InChI is InChI=1S/C20H25N3O2.2C2HF3O2/c1-2-6-22-18(3-1)13-23-9-10-25-20-12-17(11-19(20)23)15-24-14-16-4-7-21-8-5-16;2*3-2(4,5)1(6)7/h1-8,17,19-20H,9-15H2;2*(H,6,7)/t17?,19-,20-;;/m0../s1. The van der Waals surface area contributed by atoms with Crippen molar-refractivity contribution in [3.63, 3.8) is 0 Å². The van der Waals surface area contributed by atoms with Gasteiger partial charge in [0.05, 0.1) is 25.0 Å². The van der Waals surface area contributed by atoms with E-state index in [1.54, 1.807) is 0 Å². The number of morpholine rings is 1. The summed E-state index contributed by atoms with van der Waals surface area (Å²) >= 11 is 0. The number of ether oxygens (including phenoxy) is 2. The molecule has 1 unspecified atom stereocenters. The van der Waals surface area contributed by atoms with Crippen molar-refractivity contribution in [2.75, 3.05) is 19.8 Å². The molecule has 2 fully saturated rings. The molecule has 0 amide bonds. The minimum atomic E-state index is -5.08. The number of hydrogen-bond donors (Lipinski definition) is 2. The number of halogens is 6. The molecule has 0 bridgehead atoms. The van der Waals surface area contributed by atoms with E-state index in [-0.39, 0.29) is 0 Å². The van der Waals surface area contributed by atoms with Crippen molar-refractivity contribution in [1.29, 1.82) is 0 Å². The number of carboxylic acids is 2. The summed E-state index contributed by atoms with van der Waals surface area (Å²) in [6.45, 7) is 4.18. The second-order valence-corrected chi connectivity index (χ2v) is 8.58. The van der Waals surface area contributed by atoms with E-state index in [1.807, 2.05) is 36.8 Å². The molecule has 2 aromatic heterocycles. The zero-order valence-corrected chi connectivity index (χ0v) is 20.4. The number of aromatic nitrogens is 2. The zero-order valence-electron chi connectivity index (χ0n) is 20.4. The zero-order chi connectivity index (χ0) is 29.1. The quantitative estimate of drug-likeness (QED) is 0.500. The largest absolute Gasteiger partial charge is 0.490 e. The third kappa shape index (κ3) is 11.5. The lowest BCUT2D eigenvalue weighted by molar-refractivity contribution is -0.193. The molecule has 1 saturated heterocycles. The number of nitrogens with zero attached hydrogens (tertiary/aromatic N) is 3. The Kier molecular flexibility index (Phi) is 12.1. The molecular formula is C24H27F6N3O6. The molecule has 4 rings (SSSR count). The molecule has 9 nitrogen and oxygen atoms in total. The van der Waals surface area contributed by atoms with Crippen LogP contribution in [-0.4, -0.2) is 81.3 Å². The summed E-state index contributed by atoms with van der Waals surface area (Å²) in [6, 6.07) is 10.6. The van der Waals surface area contributed by atoms with Crippen LogP contribution in [0, 0.1) is 5.92 Å². The molecule has 3 heterocycles. The number of pyridine rings is 2. The summed E-state index contributed by atoms with van der Waals surface area (Å²) < 4.78 is 75.5. The monoisotopic (exact) mass is 567 g/mol. The summed E-state index contributed by atoms with van der Waals surface area (Å²) in [5.74, 6) is -4.94. The fourth-order valence-electron chi connectivity index (χ4n) is 3.98. The molecule has 2 N–H and O–H groups in total. The normalized spacial score (nSPS) is 21.0. The molecule has 0 aromatic carbocycles. The van der Waals surface area contributed by atoms with E-state index in [4.69, 9.17) is 29.3 Å². The van der Waals surface area contributed by atoms with E-state index in [0.717, 1.165) is 44.8 Å². The molecule has 2 aliphatic rings. The van der Waals surface area contributed by atoms with Gasteiger partial charge in [0.25, 0.3) is 0 Å². The van der Waals surface area contributed by atoms with Gasteiger partial charge < -0.3 is 19.7 Å². The minimum Gasteiger partial charge on any atom is -0.475 e. The average molecular weight is 567 g/mol. The molecule has 15 heteroatoms. The summed E-state index contributed by atoms with van der Waals surface area (Å²) in [6.07, 6.45) is -2.09. The first-order valence-corrected chi connectivity index (χ1v) is 11.6. The first-order chi connectivity index (χ1) is 18.3. The maximum absolute atomic E-state index is 10.6. The Balaban J connectivity index is 0.000000317. The van der Waals surface area contributed by atoms with Crippen molar-refractivity contribution in [2.45, 2.75) is 50.5 Å². The number of carbonyl (C=O) groups is 2. The van der Waals surface area contributed by atoms with Gasteiger partial charge in [-0.3, -0.25) is 14.9 Å². The van der Waals surface area contributed by atoms with Crippen LogP contribution < -0.4 is 0 Å². The highest BCUT2D eigenvalue weighted by Crippen LogP contribution is 2.35. The highest BCUT2D eigenvalue weighted by Gasteiger charge is 2.41. The Labute approximate surface area is 219 Å². The van der Waals surface area contributed by atoms with Crippen LogP contribution in [0.25, 0.3) is 0 Å². The fourth-order valence-corrected chi connectivity index (χ4v) is 3.98. The maximum Gasteiger partial charge on any atom is 0.490 e. The van der Waals surface area contributed by atoms with Gasteiger partial charge in [0, 0.05) is 44.3 Å². The molecule has 39 heavy (non-hydrogen) atoms. The third-order valence-electron chi connectivity index (χ3n) is 5.70. The molecule has 2 aromatic rings.